The first-order valence-corrected chi connectivity index (χ1v) is 8.11. The third-order valence-electron chi connectivity index (χ3n) is 4.70. The number of benzene rings is 1. The van der Waals surface area contributed by atoms with Gasteiger partial charge in [0.25, 0.3) is 0 Å². The Hall–Kier alpha value is -1.00. The highest BCUT2D eigenvalue weighted by Gasteiger charge is 2.41. The third-order valence-corrected chi connectivity index (χ3v) is 5.10. The van der Waals surface area contributed by atoms with Crippen LogP contribution in [-0.4, -0.2) is 54.2 Å². The van der Waals surface area contributed by atoms with E-state index in [1.165, 1.54) is 19.3 Å². The van der Waals surface area contributed by atoms with Crippen LogP contribution in [0.1, 0.15) is 24.8 Å². The third kappa shape index (κ3) is 3.80. The second-order valence-corrected chi connectivity index (χ2v) is 7.00. The highest BCUT2D eigenvalue weighted by molar-refractivity contribution is 7.81. The summed E-state index contributed by atoms with van der Waals surface area (Å²) in [5.41, 5.74) is 1.33. The molecule has 1 amide bonds. The van der Waals surface area contributed by atoms with E-state index in [0.717, 1.165) is 12.1 Å². The number of thiol groups is 1. The van der Waals surface area contributed by atoms with E-state index in [2.05, 4.69) is 31.6 Å². The molecule has 0 radical (unpaired) electrons. The lowest BCUT2D eigenvalue weighted by Gasteiger charge is -2.49. The van der Waals surface area contributed by atoms with Crippen LogP contribution in [0, 0.1) is 0 Å². The summed E-state index contributed by atoms with van der Waals surface area (Å²) >= 11 is 4.52. The summed E-state index contributed by atoms with van der Waals surface area (Å²) in [6.07, 6.45) is 4.29. The minimum Gasteiger partial charge on any atom is -0.343 e. The zero-order chi connectivity index (χ0) is 15.5. The normalized spacial score (nSPS) is 18.1. The van der Waals surface area contributed by atoms with Gasteiger partial charge in [-0.2, -0.15) is 12.6 Å². The van der Waals surface area contributed by atoms with Crippen LogP contribution < -0.4 is 0 Å². The van der Waals surface area contributed by atoms with Gasteiger partial charge >= 0.3 is 0 Å². The smallest absolute Gasteiger partial charge is 0.235 e. The van der Waals surface area contributed by atoms with Gasteiger partial charge in [-0.1, -0.05) is 30.3 Å². The molecule has 1 aliphatic carbocycles. The number of hydrogen-bond acceptors (Lipinski definition) is 3. The fourth-order valence-corrected chi connectivity index (χ4v) is 3.44. The molecular formula is C17H26N2OS. The Morgan fingerprint density at radius 2 is 1.86 bits per heavy atom. The minimum atomic E-state index is -0.267. The lowest BCUT2D eigenvalue weighted by atomic mass is 9.75. The highest BCUT2D eigenvalue weighted by Crippen LogP contribution is 2.36. The van der Waals surface area contributed by atoms with E-state index in [4.69, 9.17) is 0 Å². The van der Waals surface area contributed by atoms with Gasteiger partial charge in [-0.25, -0.2) is 0 Å². The van der Waals surface area contributed by atoms with Crippen LogP contribution in [0.25, 0.3) is 0 Å². The Kier molecular flexibility index (Phi) is 5.33. The van der Waals surface area contributed by atoms with Gasteiger partial charge in [-0.15, -0.1) is 0 Å². The first-order valence-electron chi connectivity index (χ1n) is 7.59. The van der Waals surface area contributed by atoms with Crippen LogP contribution in [-0.2, 0) is 11.2 Å². The van der Waals surface area contributed by atoms with Gasteiger partial charge in [0.05, 0.1) is 5.25 Å². The molecule has 1 aliphatic rings. The van der Waals surface area contributed by atoms with Gasteiger partial charge in [0.1, 0.15) is 0 Å². The molecule has 0 aromatic heterocycles. The average Bonchev–Trinajstić information content (AvgIpc) is 2.42. The largest absolute Gasteiger partial charge is 0.343 e. The van der Waals surface area contributed by atoms with E-state index >= 15 is 0 Å². The molecule has 0 aliphatic heterocycles. The van der Waals surface area contributed by atoms with Crippen LogP contribution in [0.15, 0.2) is 30.3 Å². The summed E-state index contributed by atoms with van der Waals surface area (Å²) in [6, 6.07) is 10.1. The standard InChI is InChI=1S/C17H26N2OS/c1-18(2)17(10-7-11-17)13-19(3)16(20)15(21)12-14-8-5-4-6-9-14/h4-6,8-9,15,21H,7,10-13H2,1-3H3. The molecule has 0 N–H and O–H groups in total. The lowest BCUT2D eigenvalue weighted by Crippen LogP contribution is -2.58. The molecule has 1 aromatic carbocycles. The fraction of sp³-hybridized carbons (Fsp3) is 0.588. The topological polar surface area (TPSA) is 23.6 Å². The van der Waals surface area contributed by atoms with Crippen molar-refractivity contribution < 1.29 is 4.79 Å². The van der Waals surface area contributed by atoms with E-state index < -0.39 is 0 Å². The molecule has 2 rings (SSSR count). The summed E-state index contributed by atoms with van der Waals surface area (Å²) in [4.78, 5) is 16.6. The molecule has 1 atom stereocenters. The molecule has 0 spiro atoms. The first-order chi connectivity index (χ1) is 9.94. The molecule has 0 bridgehead atoms. The number of nitrogens with zero attached hydrogens (tertiary/aromatic N) is 2. The van der Waals surface area contributed by atoms with Crippen molar-refractivity contribution in [2.45, 2.75) is 36.5 Å². The molecule has 1 unspecified atom stereocenters. The van der Waals surface area contributed by atoms with Crippen molar-refractivity contribution in [3.63, 3.8) is 0 Å². The summed E-state index contributed by atoms with van der Waals surface area (Å²) in [7, 11) is 6.12. The van der Waals surface area contributed by atoms with Gasteiger partial charge in [-0.3, -0.25) is 4.79 Å². The number of rotatable bonds is 6. The van der Waals surface area contributed by atoms with Gasteiger partial charge in [-0.05, 0) is 45.3 Å². The Balaban J connectivity index is 1.92. The predicted octanol–water partition coefficient (Wildman–Crippen LogP) is 2.47. The van der Waals surface area contributed by atoms with Crippen LogP contribution in [0.4, 0.5) is 0 Å². The second-order valence-electron chi connectivity index (χ2n) is 6.37. The quantitative estimate of drug-likeness (QED) is 0.816. The maximum Gasteiger partial charge on any atom is 0.235 e. The van der Waals surface area contributed by atoms with Crippen LogP contribution in [0.2, 0.25) is 0 Å². The van der Waals surface area contributed by atoms with Crippen molar-refractivity contribution in [2.75, 3.05) is 27.7 Å². The lowest BCUT2D eigenvalue weighted by molar-refractivity contribution is -0.132. The van der Waals surface area contributed by atoms with E-state index in [9.17, 15) is 4.79 Å². The zero-order valence-corrected chi connectivity index (χ0v) is 14.1. The van der Waals surface area contributed by atoms with E-state index in [1.54, 1.807) is 0 Å². The molecular weight excluding hydrogens is 280 g/mol. The van der Waals surface area contributed by atoms with Crippen molar-refractivity contribution in [1.29, 1.82) is 0 Å². The van der Waals surface area contributed by atoms with Crippen LogP contribution >= 0.6 is 12.6 Å². The van der Waals surface area contributed by atoms with Crippen molar-refractivity contribution in [3.05, 3.63) is 35.9 Å². The van der Waals surface area contributed by atoms with E-state index in [-0.39, 0.29) is 16.7 Å². The molecule has 116 valence electrons. The van der Waals surface area contributed by atoms with Crippen molar-refractivity contribution in [2.24, 2.45) is 0 Å². The number of carbonyl (C=O) groups excluding carboxylic acids is 1. The molecule has 21 heavy (non-hydrogen) atoms. The van der Waals surface area contributed by atoms with Gasteiger partial charge in [0.2, 0.25) is 5.91 Å². The predicted molar refractivity (Wildman–Crippen MR) is 90.8 cm³/mol. The number of hydrogen-bond donors (Lipinski definition) is 1. The average molecular weight is 306 g/mol. The molecule has 1 aromatic rings. The maximum atomic E-state index is 12.5. The monoisotopic (exact) mass is 306 g/mol. The molecule has 1 fully saturated rings. The molecule has 1 saturated carbocycles. The molecule has 3 nitrogen and oxygen atoms in total. The summed E-state index contributed by atoms with van der Waals surface area (Å²) in [5.74, 6) is 0.121. The Morgan fingerprint density at radius 1 is 1.24 bits per heavy atom. The Labute approximate surface area is 133 Å². The zero-order valence-electron chi connectivity index (χ0n) is 13.2. The SMILES string of the molecule is CN(CC1(N(C)C)CCC1)C(=O)C(S)Cc1ccccc1. The Morgan fingerprint density at radius 3 is 2.33 bits per heavy atom. The summed E-state index contributed by atoms with van der Waals surface area (Å²) in [6.45, 7) is 0.796. The van der Waals surface area contributed by atoms with Crippen molar-refractivity contribution in [1.82, 2.24) is 9.80 Å². The van der Waals surface area contributed by atoms with E-state index in [1.807, 2.05) is 42.3 Å². The highest BCUT2D eigenvalue weighted by atomic mass is 32.1. The molecule has 0 saturated heterocycles. The number of carbonyl (C=O) groups is 1. The second kappa shape index (κ2) is 6.84. The van der Waals surface area contributed by atoms with Crippen molar-refractivity contribution in [3.8, 4) is 0 Å². The summed E-state index contributed by atoms with van der Waals surface area (Å²) in [5, 5.41) is -0.267. The van der Waals surface area contributed by atoms with Crippen molar-refractivity contribution >= 4 is 18.5 Å². The van der Waals surface area contributed by atoms with Gasteiger partial charge < -0.3 is 9.80 Å². The van der Waals surface area contributed by atoms with E-state index in [0.29, 0.717) is 6.42 Å². The van der Waals surface area contributed by atoms with Crippen LogP contribution in [0.3, 0.4) is 0 Å². The first kappa shape index (κ1) is 16.4. The molecule has 0 heterocycles. The van der Waals surface area contributed by atoms with Gasteiger partial charge in [0.15, 0.2) is 0 Å². The number of amides is 1. The molecule has 4 heteroatoms. The maximum absolute atomic E-state index is 12.5. The Bertz CT molecular complexity index is 471. The summed E-state index contributed by atoms with van der Waals surface area (Å²) < 4.78 is 0. The number of likely N-dealkylation sites (N-methyl/N-ethyl adjacent to an activating group) is 2. The fourth-order valence-electron chi connectivity index (χ4n) is 3.03. The minimum absolute atomic E-state index is 0.121. The van der Waals surface area contributed by atoms with Crippen LogP contribution in [0.5, 0.6) is 0 Å². The van der Waals surface area contributed by atoms with Gasteiger partial charge in [0, 0.05) is 19.1 Å².